The summed E-state index contributed by atoms with van der Waals surface area (Å²) in [5.41, 5.74) is 6.92. The average Bonchev–Trinajstić information content (AvgIpc) is 2.48. The number of hydrogen-bond donors (Lipinski definition) is 2. The van der Waals surface area contributed by atoms with Gasteiger partial charge < -0.3 is 15.7 Å². The third kappa shape index (κ3) is 3.36. The molecule has 0 bridgehead atoms. The van der Waals surface area contributed by atoms with Crippen molar-refractivity contribution < 1.29 is 14.7 Å². The Morgan fingerprint density at radius 1 is 1.30 bits per heavy atom. The topological polar surface area (TPSA) is 83.6 Å². The molecule has 0 aliphatic carbocycles. The number of carboxylic acid groups (broad SMARTS) is 1. The number of aliphatic carboxylic acids is 1. The first kappa shape index (κ1) is 14.5. The van der Waals surface area contributed by atoms with Crippen molar-refractivity contribution in [2.75, 3.05) is 6.54 Å². The fourth-order valence-corrected chi connectivity index (χ4v) is 2.61. The van der Waals surface area contributed by atoms with E-state index in [0.29, 0.717) is 13.0 Å². The van der Waals surface area contributed by atoms with Crippen LogP contribution in [-0.4, -0.2) is 34.5 Å². The molecule has 2 unspecified atom stereocenters. The number of nitrogens with zero attached hydrogens (tertiary/aromatic N) is 1. The summed E-state index contributed by atoms with van der Waals surface area (Å²) in [6, 6.07) is 8.31. The van der Waals surface area contributed by atoms with Gasteiger partial charge in [0.05, 0.1) is 0 Å². The zero-order valence-electron chi connectivity index (χ0n) is 11.4. The van der Waals surface area contributed by atoms with E-state index in [1.807, 2.05) is 30.3 Å². The highest BCUT2D eigenvalue weighted by molar-refractivity contribution is 5.84. The minimum Gasteiger partial charge on any atom is -0.480 e. The van der Waals surface area contributed by atoms with E-state index < -0.39 is 12.0 Å². The lowest BCUT2D eigenvalue weighted by atomic mass is 9.99. The summed E-state index contributed by atoms with van der Waals surface area (Å²) in [4.78, 5) is 24.9. The molecule has 5 nitrogen and oxygen atoms in total. The number of carbonyl (C=O) groups is 2. The van der Waals surface area contributed by atoms with Crippen molar-refractivity contribution in [3.8, 4) is 0 Å². The second kappa shape index (κ2) is 6.52. The van der Waals surface area contributed by atoms with Gasteiger partial charge in [-0.3, -0.25) is 4.79 Å². The van der Waals surface area contributed by atoms with Crippen molar-refractivity contribution in [1.82, 2.24) is 4.90 Å². The fraction of sp³-hybridized carbons (Fsp3) is 0.467. The molecular weight excluding hydrogens is 256 g/mol. The largest absolute Gasteiger partial charge is 0.480 e. The number of hydrogen-bond acceptors (Lipinski definition) is 3. The van der Waals surface area contributed by atoms with Crippen LogP contribution in [0.15, 0.2) is 30.3 Å². The zero-order valence-corrected chi connectivity index (χ0v) is 11.4. The summed E-state index contributed by atoms with van der Waals surface area (Å²) in [5.74, 6) is -1.10. The molecule has 1 amide bonds. The van der Waals surface area contributed by atoms with Crippen molar-refractivity contribution in [1.29, 1.82) is 0 Å². The van der Waals surface area contributed by atoms with Crippen molar-refractivity contribution in [3.63, 3.8) is 0 Å². The SMILES string of the molecule is NC(CC(=O)N1CCCCC1C(=O)O)c1ccccc1. The van der Waals surface area contributed by atoms with Crippen LogP contribution in [0.3, 0.4) is 0 Å². The smallest absolute Gasteiger partial charge is 0.326 e. The average molecular weight is 276 g/mol. The lowest BCUT2D eigenvalue weighted by Crippen LogP contribution is -2.48. The normalized spacial score (nSPS) is 20.4. The number of likely N-dealkylation sites (tertiary alicyclic amines) is 1. The van der Waals surface area contributed by atoms with Crippen molar-refractivity contribution in [2.45, 2.75) is 37.8 Å². The summed E-state index contributed by atoms with van der Waals surface area (Å²) < 4.78 is 0. The van der Waals surface area contributed by atoms with Gasteiger partial charge in [0.25, 0.3) is 0 Å². The monoisotopic (exact) mass is 276 g/mol. The maximum Gasteiger partial charge on any atom is 0.326 e. The maximum atomic E-state index is 12.3. The van der Waals surface area contributed by atoms with E-state index in [1.165, 1.54) is 4.90 Å². The molecule has 5 heteroatoms. The zero-order chi connectivity index (χ0) is 14.5. The minimum atomic E-state index is -0.925. The number of nitrogens with two attached hydrogens (primary N) is 1. The Hall–Kier alpha value is -1.88. The van der Waals surface area contributed by atoms with Crippen LogP contribution in [-0.2, 0) is 9.59 Å². The molecule has 20 heavy (non-hydrogen) atoms. The second-order valence-corrected chi connectivity index (χ2v) is 5.16. The first-order chi connectivity index (χ1) is 9.59. The third-order valence-electron chi connectivity index (χ3n) is 3.73. The summed E-state index contributed by atoms with van der Waals surface area (Å²) >= 11 is 0. The van der Waals surface area contributed by atoms with Gasteiger partial charge in [0.15, 0.2) is 0 Å². The van der Waals surface area contributed by atoms with Gasteiger partial charge in [0, 0.05) is 19.0 Å². The van der Waals surface area contributed by atoms with E-state index in [-0.39, 0.29) is 18.4 Å². The van der Waals surface area contributed by atoms with Gasteiger partial charge in [-0.15, -0.1) is 0 Å². The highest BCUT2D eigenvalue weighted by atomic mass is 16.4. The van der Waals surface area contributed by atoms with Crippen LogP contribution in [0.2, 0.25) is 0 Å². The molecule has 1 aromatic carbocycles. The molecule has 2 rings (SSSR count). The van der Waals surface area contributed by atoms with E-state index in [9.17, 15) is 14.7 Å². The summed E-state index contributed by atoms with van der Waals surface area (Å²) in [6.07, 6.45) is 2.39. The van der Waals surface area contributed by atoms with E-state index >= 15 is 0 Å². The van der Waals surface area contributed by atoms with Crippen LogP contribution in [0.5, 0.6) is 0 Å². The molecule has 1 aromatic rings. The quantitative estimate of drug-likeness (QED) is 0.873. The van der Waals surface area contributed by atoms with Crippen LogP contribution in [0, 0.1) is 0 Å². The van der Waals surface area contributed by atoms with E-state index in [0.717, 1.165) is 18.4 Å². The number of benzene rings is 1. The lowest BCUT2D eigenvalue weighted by Gasteiger charge is -2.33. The Bertz CT molecular complexity index is 475. The number of amides is 1. The summed E-state index contributed by atoms with van der Waals surface area (Å²) in [7, 11) is 0. The first-order valence-corrected chi connectivity index (χ1v) is 6.92. The van der Waals surface area contributed by atoms with Crippen molar-refractivity contribution in [3.05, 3.63) is 35.9 Å². The number of piperidine rings is 1. The maximum absolute atomic E-state index is 12.3. The number of carbonyl (C=O) groups excluding carboxylic acids is 1. The molecule has 0 radical (unpaired) electrons. The van der Waals surface area contributed by atoms with Gasteiger partial charge in [-0.25, -0.2) is 4.79 Å². The molecule has 1 aliphatic heterocycles. The van der Waals surface area contributed by atoms with Crippen LogP contribution in [0.4, 0.5) is 0 Å². The van der Waals surface area contributed by atoms with Gasteiger partial charge in [-0.1, -0.05) is 30.3 Å². The van der Waals surface area contributed by atoms with E-state index in [4.69, 9.17) is 5.73 Å². The molecule has 1 aliphatic rings. The molecule has 0 saturated carbocycles. The molecule has 1 fully saturated rings. The number of carboxylic acids is 1. The number of rotatable bonds is 4. The standard InChI is InChI=1S/C15H20N2O3/c16-12(11-6-2-1-3-7-11)10-14(18)17-9-5-4-8-13(17)15(19)20/h1-3,6-7,12-13H,4-5,8-10,16H2,(H,19,20). The Balaban J connectivity index is 2.01. The lowest BCUT2D eigenvalue weighted by molar-refractivity contribution is -0.152. The minimum absolute atomic E-state index is 0.147. The highest BCUT2D eigenvalue weighted by Gasteiger charge is 2.32. The second-order valence-electron chi connectivity index (χ2n) is 5.16. The Labute approximate surface area is 118 Å². The molecule has 2 atom stereocenters. The molecular formula is C15H20N2O3. The van der Waals surface area contributed by atoms with Crippen LogP contribution < -0.4 is 5.73 Å². The molecule has 3 N–H and O–H groups in total. The summed E-state index contributed by atoms with van der Waals surface area (Å²) in [6.45, 7) is 0.511. The van der Waals surface area contributed by atoms with Crippen molar-refractivity contribution >= 4 is 11.9 Å². The molecule has 108 valence electrons. The van der Waals surface area contributed by atoms with Gasteiger partial charge in [-0.05, 0) is 24.8 Å². The first-order valence-electron chi connectivity index (χ1n) is 6.92. The Morgan fingerprint density at radius 2 is 2.00 bits per heavy atom. The highest BCUT2D eigenvalue weighted by Crippen LogP contribution is 2.21. The Morgan fingerprint density at radius 3 is 2.65 bits per heavy atom. The van der Waals surface area contributed by atoms with Crippen LogP contribution >= 0.6 is 0 Å². The third-order valence-corrected chi connectivity index (χ3v) is 3.73. The molecule has 0 aromatic heterocycles. The van der Waals surface area contributed by atoms with Gasteiger partial charge >= 0.3 is 5.97 Å². The van der Waals surface area contributed by atoms with Gasteiger partial charge in [0.1, 0.15) is 6.04 Å². The molecule has 1 heterocycles. The van der Waals surface area contributed by atoms with Gasteiger partial charge in [0.2, 0.25) is 5.91 Å². The van der Waals surface area contributed by atoms with E-state index in [2.05, 4.69) is 0 Å². The predicted octanol–water partition coefficient (Wildman–Crippen LogP) is 1.54. The van der Waals surface area contributed by atoms with Gasteiger partial charge in [-0.2, -0.15) is 0 Å². The molecule has 1 saturated heterocycles. The van der Waals surface area contributed by atoms with Crippen LogP contribution in [0.1, 0.15) is 37.3 Å². The van der Waals surface area contributed by atoms with Crippen molar-refractivity contribution in [2.24, 2.45) is 5.73 Å². The Kier molecular flexibility index (Phi) is 4.74. The molecule has 0 spiro atoms. The van der Waals surface area contributed by atoms with E-state index in [1.54, 1.807) is 0 Å². The predicted molar refractivity (Wildman–Crippen MR) is 75.0 cm³/mol. The fourth-order valence-electron chi connectivity index (χ4n) is 2.61. The van der Waals surface area contributed by atoms with Crippen LogP contribution in [0.25, 0.3) is 0 Å². The summed E-state index contributed by atoms with van der Waals surface area (Å²) in [5, 5.41) is 9.18.